The van der Waals surface area contributed by atoms with Crippen LogP contribution >= 0.6 is 0 Å². The summed E-state index contributed by atoms with van der Waals surface area (Å²) >= 11 is 0. The highest BCUT2D eigenvalue weighted by Gasteiger charge is 2.03. The van der Waals surface area contributed by atoms with Gasteiger partial charge in [-0.2, -0.15) is 5.10 Å². The lowest BCUT2D eigenvalue weighted by Gasteiger charge is -2.02. The number of nitrogens with one attached hydrogen (secondary N) is 3. The number of H-pyrrole nitrogens is 2. The van der Waals surface area contributed by atoms with Gasteiger partial charge in [-0.3, -0.25) is 14.7 Å². The van der Waals surface area contributed by atoms with Gasteiger partial charge in [0.1, 0.15) is 5.75 Å². The van der Waals surface area contributed by atoms with Gasteiger partial charge in [-0.15, -0.1) is 0 Å². The second-order valence-electron chi connectivity index (χ2n) is 4.37. The second-order valence-corrected chi connectivity index (χ2v) is 4.37. The van der Waals surface area contributed by atoms with E-state index in [1.165, 1.54) is 12.3 Å². The monoisotopic (exact) mass is 300 g/mol. The van der Waals surface area contributed by atoms with Gasteiger partial charge >= 0.3 is 0 Å². The Morgan fingerprint density at radius 2 is 2.18 bits per heavy atom. The number of hydrogen-bond donors (Lipinski definition) is 3. The van der Waals surface area contributed by atoms with Crippen LogP contribution in [0.3, 0.4) is 0 Å². The van der Waals surface area contributed by atoms with Crippen molar-refractivity contribution in [2.24, 2.45) is 5.10 Å². The first-order valence-corrected chi connectivity index (χ1v) is 6.57. The van der Waals surface area contributed by atoms with Gasteiger partial charge in [0.25, 0.3) is 5.56 Å². The fourth-order valence-corrected chi connectivity index (χ4v) is 1.78. The number of methoxy groups -OCH3 is 1. The number of hydrazone groups is 1. The number of aromatic amines is 2. The molecule has 2 rings (SSSR count). The Balaban J connectivity index is 1.83. The lowest BCUT2D eigenvalue weighted by atomic mass is 10.2. The summed E-state index contributed by atoms with van der Waals surface area (Å²) in [5.74, 6) is 0.435. The first-order valence-electron chi connectivity index (χ1n) is 6.57. The van der Waals surface area contributed by atoms with Crippen molar-refractivity contribution in [3.63, 3.8) is 0 Å². The van der Waals surface area contributed by atoms with Crippen LogP contribution in [-0.2, 0) is 11.2 Å². The molecule has 2 aromatic rings. The predicted octanol–water partition coefficient (Wildman–Crippen LogP) is 1.07. The molecule has 0 radical (unpaired) electrons. The maximum Gasteiger partial charge on any atom is 0.264 e. The number of carbonyl (C=O) groups excluding carboxylic acids is 1. The van der Waals surface area contributed by atoms with E-state index in [9.17, 15) is 9.59 Å². The molecule has 7 heteroatoms. The summed E-state index contributed by atoms with van der Waals surface area (Å²) in [4.78, 5) is 22.4. The van der Waals surface area contributed by atoms with Gasteiger partial charge in [-0.05, 0) is 18.2 Å². The third-order valence-electron chi connectivity index (χ3n) is 2.77. The van der Waals surface area contributed by atoms with Crippen molar-refractivity contribution in [2.75, 3.05) is 7.11 Å². The Kier molecular flexibility index (Phi) is 5.31. The third kappa shape index (κ3) is 4.48. The van der Waals surface area contributed by atoms with Gasteiger partial charge in [0, 0.05) is 23.5 Å². The zero-order valence-corrected chi connectivity index (χ0v) is 12.0. The van der Waals surface area contributed by atoms with Crippen molar-refractivity contribution in [3.8, 4) is 5.75 Å². The number of nitrogens with zero attached hydrogens (tertiary/aromatic N) is 1. The average molecular weight is 300 g/mol. The molecule has 0 atom stereocenters. The standard InChI is InChI=1S/C15H16N4O3/c1-22-13-7-3-2-5-11(13)6-4-8-16-18-14(20)9-12-10-15(21)19-17-12/h2-8,10H,9H2,1H3,(H,18,20)(H2,17,19,21)/b6-4?,16-8+. The Labute approximate surface area is 126 Å². The summed E-state index contributed by atoms with van der Waals surface area (Å²) in [6.07, 6.45) is 5.02. The third-order valence-corrected chi connectivity index (χ3v) is 2.77. The van der Waals surface area contributed by atoms with Gasteiger partial charge in [0.15, 0.2) is 0 Å². The highest BCUT2D eigenvalue weighted by molar-refractivity contribution is 5.82. The molecule has 1 heterocycles. The first kappa shape index (κ1) is 15.3. The molecule has 0 aliphatic heterocycles. The first-order chi connectivity index (χ1) is 10.7. The van der Waals surface area contributed by atoms with Crippen LogP contribution < -0.4 is 15.7 Å². The molecule has 1 aromatic carbocycles. The topological polar surface area (TPSA) is 99.3 Å². The Hall–Kier alpha value is -3.09. The Morgan fingerprint density at radius 3 is 2.91 bits per heavy atom. The molecular weight excluding hydrogens is 284 g/mol. The molecule has 0 unspecified atom stereocenters. The molecule has 0 saturated carbocycles. The number of benzene rings is 1. The maximum atomic E-state index is 11.6. The molecule has 0 saturated heterocycles. The number of aromatic nitrogens is 2. The quantitative estimate of drug-likeness (QED) is 0.549. The molecule has 3 N–H and O–H groups in total. The van der Waals surface area contributed by atoms with E-state index in [0.29, 0.717) is 5.69 Å². The predicted molar refractivity (Wildman–Crippen MR) is 83.8 cm³/mol. The molecule has 0 fully saturated rings. The lowest BCUT2D eigenvalue weighted by Crippen LogP contribution is -2.19. The van der Waals surface area contributed by atoms with Gasteiger partial charge in [-0.1, -0.05) is 18.2 Å². The van der Waals surface area contributed by atoms with E-state index in [0.717, 1.165) is 11.3 Å². The highest BCUT2D eigenvalue weighted by atomic mass is 16.5. The minimum absolute atomic E-state index is 0.0479. The number of allylic oxidation sites excluding steroid dienone is 1. The van der Waals surface area contributed by atoms with Crippen molar-refractivity contribution in [3.05, 3.63) is 58.0 Å². The molecular formula is C15H16N4O3. The van der Waals surface area contributed by atoms with Crippen LogP contribution in [0.2, 0.25) is 0 Å². The zero-order valence-electron chi connectivity index (χ0n) is 12.0. The molecule has 7 nitrogen and oxygen atoms in total. The fraction of sp³-hybridized carbons (Fsp3) is 0.133. The summed E-state index contributed by atoms with van der Waals surface area (Å²) in [5.41, 5.74) is 3.51. The summed E-state index contributed by atoms with van der Waals surface area (Å²) < 4.78 is 5.21. The number of amides is 1. The zero-order chi connectivity index (χ0) is 15.8. The number of rotatable bonds is 6. The summed E-state index contributed by atoms with van der Waals surface area (Å²) in [5, 5.41) is 8.74. The van der Waals surface area contributed by atoms with Crippen LogP contribution in [0.4, 0.5) is 0 Å². The number of ether oxygens (including phenoxy) is 1. The molecule has 114 valence electrons. The van der Waals surface area contributed by atoms with Gasteiger partial charge in [0.05, 0.1) is 13.5 Å². The van der Waals surface area contributed by atoms with Crippen molar-refractivity contribution >= 4 is 18.2 Å². The van der Waals surface area contributed by atoms with Crippen LogP contribution in [-0.4, -0.2) is 29.4 Å². The van der Waals surface area contributed by atoms with E-state index in [-0.39, 0.29) is 17.9 Å². The fourth-order valence-electron chi connectivity index (χ4n) is 1.78. The number of hydrogen-bond acceptors (Lipinski definition) is 4. The van der Waals surface area contributed by atoms with Crippen molar-refractivity contribution in [1.82, 2.24) is 15.6 Å². The minimum atomic E-state index is -0.322. The van der Waals surface area contributed by atoms with Crippen molar-refractivity contribution in [1.29, 1.82) is 0 Å². The summed E-state index contributed by atoms with van der Waals surface area (Å²) in [6, 6.07) is 8.87. The molecule has 1 amide bonds. The van der Waals surface area contributed by atoms with Crippen molar-refractivity contribution in [2.45, 2.75) is 6.42 Å². The molecule has 0 spiro atoms. The van der Waals surface area contributed by atoms with Crippen LogP contribution in [0.5, 0.6) is 5.75 Å². The van der Waals surface area contributed by atoms with E-state index in [4.69, 9.17) is 4.74 Å². The minimum Gasteiger partial charge on any atom is -0.496 e. The SMILES string of the molecule is COc1ccccc1C=C/C=N/NC(=O)Cc1cc(=O)[nH][nH]1. The lowest BCUT2D eigenvalue weighted by molar-refractivity contribution is -0.120. The number of para-hydroxylation sites is 1. The van der Waals surface area contributed by atoms with E-state index in [1.54, 1.807) is 13.2 Å². The molecule has 0 bridgehead atoms. The Morgan fingerprint density at radius 1 is 1.36 bits per heavy atom. The average Bonchev–Trinajstić information content (AvgIpc) is 2.92. The summed E-state index contributed by atoms with van der Waals surface area (Å²) in [7, 11) is 1.60. The van der Waals surface area contributed by atoms with E-state index >= 15 is 0 Å². The Bertz CT molecular complexity index is 743. The van der Waals surface area contributed by atoms with Crippen LogP contribution in [0.15, 0.2) is 46.3 Å². The normalized spacial score (nSPS) is 11.1. The van der Waals surface area contributed by atoms with Crippen LogP contribution in [0.25, 0.3) is 6.08 Å². The molecule has 1 aromatic heterocycles. The summed E-state index contributed by atoms with van der Waals surface area (Å²) in [6.45, 7) is 0. The van der Waals surface area contributed by atoms with Gasteiger partial charge in [-0.25, -0.2) is 5.43 Å². The van der Waals surface area contributed by atoms with Gasteiger partial charge in [0.2, 0.25) is 5.91 Å². The second kappa shape index (κ2) is 7.63. The molecule has 22 heavy (non-hydrogen) atoms. The van der Waals surface area contributed by atoms with Crippen molar-refractivity contribution < 1.29 is 9.53 Å². The van der Waals surface area contributed by atoms with E-state index in [2.05, 4.69) is 20.7 Å². The van der Waals surface area contributed by atoms with Crippen LogP contribution in [0.1, 0.15) is 11.3 Å². The largest absolute Gasteiger partial charge is 0.496 e. The van der Waals surface area contributed by atoms with E-state index < -0.39 is 0 Å². The van der Waals surface area contributed by atoms with Crippen LogP contribution in [0, 0.1) is 0 Å². The molecule has 0 aliphatic rings. The smallest absolute Gasteiger partial charge is 0.264 e. The highest BCUT2D eigenvalue weighted by Crippen LogP contribution is 2.18. The number of carbonyl (C=O) groups is 1. The van der Waals surface area contributed by atoms with Gasteiger partial charge < -0.3 is 9.84 Å². The molecule has 0 aliphatic carbocycles. The maximum absolute atomic E-state index is 11.6. The van der Waals surface area contributed by atoms with E-state index in [1.807, 2.05) is 30.3 Å².